The van der Waals surface area contributed by atoms with E-state index in [0.29, 0.717) is 69.2 Å². The number of hydrogen-bond acceptors (Lipinski definition) is 5. The summed E-state index contributed by atoms with van der Waals surface area (Å²) in [6, 6.07) is 3.15. The Bertz CT molecular complexity index is 858. The number of hydrogen-bond donors (Lipinski definition) is 0. The van der Waals surface area contributed by atoms with Gasteiger partial charge in [-0.1, -0.05) is 20.8 Å². The highest BCUT2D eigenvalue weighted by molar-refractivity contribution is 6.08. The molecule has 178 valence electrons. The zero-order valence-electron chi connectivity index (χ0n) is 20.2. The van der Waals surface area contributed by atoms with Gasteiger partial charge in [-0.15, -0.1) is 0 Å². The predicted molar refractivity (Wildman–Crippen MR) is 122 cm³/mol. The number of benzene rings is 1. The Morgan fingerprint density at radius 1 is 1.19 bits per heavy atom. The molecule has 0 unspecified atom stereocenters. The van der Waals surface area contributed by atoms with Crippen molar-refractivity contribution in [3.8, 4) is 5.75 Å². The van der Waals surface area contributed by atoms with E-state index in [1.807, 2.05) is 39.8 Å². The smallest absolute Gasteiger partial charge is 0.238 e. The summed E-state index contributed by atoms with van der Waals surface area (Å²) in [5, 5.41) is 0. The lowest BCUT2D eigenvalue weighted by atomic mass is 9.73. The largest absolute Gasteiger partial charge is 0.492 e. The van der Waals surface area contributed by atoms with Crippen LogP contribution >= 0.6 is 0 Å². The van der Waals surface area contributed by atoms with Crippen LogP contribution in [0.25, 0.3) is 0 Å². The molecule has 2 aliphatic rings. The second-order valence-electron chi connectivity index (χ2n) is 10.0. The fourth-order valence-electron chi connectivity index (χ4n) is 4.59. The van der Waals surface area contributed by atoms with Gasteiger partial charge >= 0.3 is 0 Å². The van der Waals surface area contributed by atoms with E-state index in [-0.39, 0.29) is 11.8 Å². The number of anilines is 1. The second-order valence-corrected chi connectivity index (χ2v) is 10.0. The molecule has 0 N–H and O–H groups in total. The van der Waals surface area contributed by atoms with Gasteiger partial charge in [0.25, 0.3) is 0 Å². The van der Waals surface area contributed by atoms with E-state index in [1.54, 1.807) is 23.0 Å². The number of likely N-dealkylation sites (tertiary alicyclic amines) is 1. The lowest BCUT2D eigenvalue weighted by molar-refractivity contribution is -0.142. The SMILES string of the molecule is COCCN1C(=O)C2(CCN(C(=O)C(C)(C)C)CC2)c2c(F)cc(OCCN(C)C)cc21. The number of ether oxygens (including phenoxy) is 2. The molecule has 0 atom stereocenters. The quantitative estimate of drug-likeness (QED) is 0.641. The Morgan fingerprint density at radius 2 is 1.84 bits per heavy atom. The van der Waals surface area contributed by atoms with E-state index in [9.17, 15) is 9.59 Å². The zero-order chi connectivity index (χ0) is 23.7. The molecule has 1 fully saturated rings. The molecule has 1 aromatic carbocycles. The summed E-state index contributed by atoms with van der Waals surface area (Å²) >= 11 is 0. The monoisotopic (exact) mass is 449 g/mol. The molecule has 0 saturated carbocycles. The number of carbonyl (C=O) groups is 2. The third-order valence-electron chi connectivity index (χ3n) is 6.34. The molecule has 0 radical (unpaired) electrons. The summed E-state index contributed by atoms with van der Waals surface area (Å²) in [5.74, 6) is -0.0712. The van der Waals surface area contributed by atoms with Gasteiger partial charge < -0.3 is 24.2 Å². The topological polar surface area (TPSA) is 62.3 Å². The molecule has 8 heteroatoms. The number of nitrogens with zero attached hydrogens (tertiary/aromatic N) is 3. The lowest BCUT2D eigenvalue weighted by Crippen LogP contribution is -2.52. The number of piperidine rings is 1. The molecule has 0 bridgehead atoms. The van der Waals surface area contributed by atoms with E-state index >= 15 is 4.39 Å². The summed E-state index contributed by atoms with van der Waals surface area (Å²) in [4.78, 5) is 31.8. The molecule has 2 aliphatic heterocycles. The molecular formula is C24H36FN3O4. The van der Waals surface area contributed by atoms with Crippen LogP contribution < -0.4 is 9.64 Å². The first-order valence-corrected chi connectivity index (χ1v) is 11.2. The number of fused-ring (bicyclic) bond motifs is 2. The van der Waals surface area contributed by atoms with Crippen molar-refractivity contribution >= 4 is 17.5 Å². The van der Waals surface area contributed by atoms with Crippen molar-refractivity contribution in [2.24, 2.45) is 5.41 Å². The van der Waals surface area contributed by atoms with Crippen LogP contribution in [0.3, 0.4) is 0 Å². The van der Waals surface area contributed by atoms with Crippen LogP contribution in [0.15, 0.2) is 12.1 Å². The van der Waals surface area contributed by atoms with Gasteiger partial charge in [-0.2, -0.15) is 0 Å². The number of halogens is 1. The van der Waals surface area contributed by atoms with Crippen LogP contribution in [0.2, 0.25) is 0 Å². The van der Waals surface area contributed by atoms with Crippen LogP contribution in [0.5, 0.6) is 5.75 Å². The summed E-state index contributed by atoms with van der Waals surface area (Å²) in [7, 11) is 5.46. The highest BCUT2D eigenvalue weighted by Crippen LogP contribution is 2.50. The van der Waals surface area contributed by atoms with Crippen molar-refractivity contribution in [1.29, 1.82) is 0 Å². The van der Waals surface area contributed by atoms with Crippen molar-refractivity contribution in [1.82, 2.24) is 9.80 Å². The fourth-order valence-corrected chi connectivity index (χ4v) is 4.59. The molecule has 32 heavy (non-hydrogen) atoms. The number of likely N-dealkylation sites (N-methyl/N-ethyl adjacent to an activating group) is 1. The maximum atomic E-state index is 15.5. The van der Waals surface area contributed by atoms with E-state index in [4.69, 9.17) is 9.47 Å². The molecule has 2 heterocycles. The standard InChI is InChI=1S/C24H36FN3O4/c1-23(2,3)21(29)27-9-7-24(8-10-27)20-18(25)15-17(32-14-11-26(4)5)16-19(20)28(22(24)30)12-13-31-6/h15-16H,7-14H2,1-6H3. The van der Waals surface area contributed by atoms with Crippen molar-refractivity contribution in [2.75, 3.05) is 65.5 Å². The number of methoxy groups -OCH3 is 1. The molecule has 3 rings (SSSR count). The number of carbonyl (C=O) groups excluding carboxylic acids is 2. The number of rotatable bonds is 7. The summed E-state index contributed by atoms with van der Waals surface area (Å²) in [5.41, 5.74) is -0.454. The molecule has 7 nitrogen and oxygen atoms in total. The zero-order valence-corrected chi connectivity index (χ0v) is 20.2. The van der Waals surface area contributed by atoms with Gasteiger partial charge in [-0.05, 0) is 26.9 Å². The van der Waals surface area contributed by atoms with E-state index in [0.717, 1.165) is 0 Å². The molecular weight excluding hydrogens is 413 g/mol. The lowest BCUT2D eigenvalue weighted by Gasteiger charge is -2.40. The molecule has 1 saturated heterocycles. The first-order valence-electron chi connectivity index (χ1n) is 11.2. The van der Waals surface area contributed by atoms with Gasteiger partial charge in [-0.3, -0.25) is 9.59 Å². The highest BCUT2D eigenvalue weighted by Gasteiger charge is 2.54. The summed E-state index contributed by atoms with van der Waals surface area (Å²) < 4.78 is 26.5. The van der Waals surface area contributed by atoms with Crippen molar-refractivity contribution < 1.29 is 23.5 Å². The Hall–Kier alpha value is -2.19. The Balaban J connectivity index is 1.92. The summed E-state index contributed by atoms with van der Waals surface area (Å²) in [6.07, 6.45) is 0.809. The minimum Gasteiger partial charge on any atom is -0.492 e. The molecule has 0 aliphatic carbocycles. The van der Waals surface area contributed by atoms with Crippen LogP contribution in [0, 0.1) is 11.2 Å². The van der Waals surface area contributed by atoms with E-state index in [1.165, 1.54) is 6.07 Å². The third kappa shape index (κ3) is 4.62. The van der Waals surface area contributed by atoms with Gasteiger partial charge in [0.2, 0.25) is 11.8 Å². The van der Waals surface area contributed by atoms with E-state index in [2.05, 4.69) is 0 Å². The van der Waals surface area contributed by atoms with Gasteiger partial charge in [0.1, 0.15) is 18.2 Å². The Kier molecular flexibility index (Phi) is 7.15. The van der Waals surface area contributed by atoms with Gasteiger partial charge in [0.15, 0.2) is 0 Å². The van der Waals surface area contributed by atoms with Crippen molar-refractivity contribution in [3.05, 3.63) is 23.5 Å². The normalized spacial score (nSPS) is 17.9. The minimum absolute atomic E-state index is 0.0550. The van der Waals surface area contributed by atoms with Crippen LogP contribution in [0.4, 0.5) is 10.1 Å². The third-order valence-corrected chi connectivity index (χ3v) is 6.34. The first kappa shape index (κ1) is 24.5. The average molecular weight is 450 g/mol. The molecule has 0 aromatic heterocycles. The van der Waals surface area contributed by atoms with Crippen LogP contribution in [0.1, 0.15) is 39.2 Å². The Morgan fingerprint density at radius 3 is 2.41 bits per heavy atom. The first-order chi connectivity index (χ1) is 15.0. The highest BCUT2D eigenvalue weighted by atomic mass is 19.1. The van der Waals surface area contributed by atoms with Crippen LogP contribution in [-0.2, 0) is 19.7 Å². The number of amides is 2. The molecule has 1 aromatic rings. The predicted octanol–water partition coefficient (Wildman–Crippen LogP) is 2.67. The maximum Gasteiger partial charge on any atom is 0.238 e. The molecule has 2 amide bonds. The second kappa shape index (κ2) is 9.35. The summed E-state index contributed by atoms with van der Waals surface area (Å²) in [6.45, 7) is 8.34. The average Bonchev–Trinajstić information content (AvgIpc) is 2.93. The molecule has 1 spiro atoms. The van der Waals surface area contributed by atoms with Gasteiger partial charge in [0.05, 0.1) is 17.7 Å². The maximum absolute atomic E-state index is 15.5. The van der Waals surface area contributed by atoms with Crippen LogP contribution in [-0.4, -0.2) is 82.2 Å². The minimum atomic E-state index is -0.954. The van der Waals surface area contributed by atoms with Crippen molar-refractivity contribution in [2.45, 2.75) is 39.0 Å². The Labute approximate surface area is 190 Å². The van der Waals surface area contributed by atoms with Gasteiger partial charge in [-0.25, -0.2) is 4.39 Å². The van der Waals surface area contributed by atoms with Crippen molar-refractivity contribution in [3.63, 3.8) is 0 Å². The van der Waals surface area contributed by atoms with Gasteiger partial charge in [0, 0.05) is 56.4 Å². The fraction of sp³-hybridized carbons (Fsp3) is 0.667. The van der Waals surface area contributed by atoms with E-state index < -0.39 is 16.6 Å².